The molecule has 5 heteroatoms. The van der Waals surface area contributed by atoms with Crippen molar-refractivity contribution < 1.29 is 0 Å². The van der Waals surface area contributed by atoms with Crippen molar-refractivity contribution in [2.24, 2.45) is 5.73 Å². The predicted molar refractivity (Wildman–Crippen MR) is 66.6 cm³/mol. The molecule has 0 fully saturated rings. The van der Waals surface area contributed by atoms with E-state index in [4.69, 9.17) is 28.9 Å². The minimum absolute atomic E-state index is 0.0657. The lowest BCUT2D eigenvalue weighted by molar-refractivity contribution is 0.789. The van der Waals surface area contributed by atoms with Gasteiger partial charge in [-0.05, 0) is 25.1 Å². The average Bonchev–Trinajstić information content (AvgIpc) is 2.71. The van der Waals surface area contributed by atoms with E-state index in [0.717, 1.165) is 17.1 Å². The molecule has 0 saturated carbocycles. The minimum Gasteiger partial charge on any atom is -0.341 e. The van der Waals surface area contributed by atoms with Crippen LogP contribution in [0.15, 0.2) is 24.4 Å². The molecule has 1 aromatic heterocycles. The Morgan fingerprint density at radius 1 is 1.31 bits per heavy atom. The molecule has 0 radical (unpaired) electrons. The van der Waals surface area contributed by atoms with E-state index in [0.29, 0.717) is 10.0 Å². The number of nitrogens with one attached hydrogen (secondary N) is 1. The molecule has 16 heavy (non-hydrogen) atoms. The third-order valence-electron chi connectivity index (χ3n) is 2.28. The Balaban J connectivity index is 2.39. The quantitative estimate of drug-likeness (QED) is 0.865. The van der Waals surface area contributed by atoms with Crippen LogP contribution in [0.4, 0.5) is 0 Å². The second-order valence-corrected chi connectivity index (χ2v) is 4.42. The molecule has 1 unspecified atom stereocenters. The summed E-state index contributed by atoms with van der Waals surface area (Å²) >= 11 is 11.8. The highest BCUT2D eigenvalue weighted by Gasteiger charge is 2.07. The fraction of sp³-hybridized carbons (Fsp3) is 0.182. The Kier molecular flexibility index (Phi) is 3.19. The van der Waals surface area contributed by atoms with E-state index in [9.17, 15) is 0 Å². The number of hydrogen-bond acceptors (Lipinski definition) is 2. The van der Waals surface area contributed by atoms with Crippen molar-refractivity contribution in [2.45, 2.75) is 13.0 Å². The van der Waals surface area contributed by atoms with E-state index in [1.165, 1.54) is 0 Å². The van der Waals surface area contributed by atoms with Crippen molar-refractivity contribution in [1.82, 2.24) is 9.97 Å². The number of hydrogen-bond donors (Lipinski definition) is 2. The van der Waals surface area contributed by atoms with Gasteiger partial charge < -0.3 is 10.7 Å². The Bertz CT molecular complexity index is 506. The second-order valence-electron chi connectivity index (χ2n) is 3.60. The normalized spacial score (nSPS) is 12.8. The molecule has 1 aromatic carbocycles. The molecule has 0 saturated heterocycles. The van der Waals surface area contributed by atoms with Gasteiger partial charge in [-0.2, -0.15) is 0 Å². The lowest BCUT2D eigenvalue weighted by atomic mass is 10.2. The summed E-state index contributed by atoms with van der Waals surface area (Å²) in [5.74, 6) is 0.742. The van der Waals surface area contributed by atoms with Gasteiger partial charge in [0.05, 0.1) is 21.9 Å². The molecule has 2 rings (SSSR count). The zero-order valence-electron chi connectivity index (χ0n) is 8.67. The van der Waals surface area contributed by atoms with Crippen LogP contribution in [0.3, 0.4) is 0 Å². The van der Waals surface area contributed by atoms with Crippen LogP contribution in [0.2, 0.25) is 10.0 Å². The zero-order chi connectivity index (χ0) is 11.7. The molecular formula is C11H11Cl2N3. The van der Waals surface area contributed by atoms with E-state index in [1.54, 1.807) is 18.3 Å². The number of aromatic nitrogens is 2. The summed E-state index contributed by atoms with van der Waals surface area (Å²) in [6, 6.07) is 5.31. The summed E-state index contributed by atoms with van der Waals surface area (Å²) in [5.41, 5.74) is 7.52. The van der Waals surface area contributed by atoms with Crippen LogP contribution in [0, 0.1) is 0 Å². The van der Waals surface area contributed by atoms with Gasteiger partial charge in [0.2, 0.25) is 0 Å². The molecule has 2 aromatic rings. The van der Waals surface area contributed by atoms with Crippen LogP contribution >= 0.6 is 23.2 Å². The van der Waals surface area contributed by atoms with Crippen LogP contribution < -0.4 is 5.73 Å². The van der Waals surface area contributed by atoms with Crippen LogP contribution in [-0.2, 0) is 0 Å². The lowest BCUT2D eigenvalue weighted by Gasteiger charge is -2.01. The number of aromatic amines is 1. The number of nitrogens with zero attached hydrogens (tertiary/aromatic N) is 1. The first-order chi connectivity index (χ1) is 7.58. The minimum atomic E-state index is -0.0657. The van der Waals surface area contributed by atoms with Gasteiger partial charge in [-0.1, -0.05) is 23.2 Å². The topological polar surface area (TPSA) is 54.7 Å². The lowest BCUT2D eigenvalue weighted by Crippen LogP contribution is -2.04. The summed E-state index contributed by atoms with van der Waals surface area (Å²) in [4.78, 5) is 7.38. The van der Waals surface area contributed by atoms with Gasteiger partial charge in [0.15, 0.2) is 0 Å². The SMILES string of the molecule is CC(N)c1cnc(-c2ccc(Cl)c(Cl)c2)[nH]1. The van der Waals surface area contributed by atoms with Gasteiger partial charge in [0, 0.05) is 11.6 Å². The molecule has 0 aliphatic carbocycles. The highest BCUT2D eigenvalue weighted by Crippen LogP contribution is 2.27. The van der Waals surface area contributed by atoms with E-state index < -0.39 is 0 Å². The van der Waals surface area contributed by atoms with E-state index in [2.05, 4.69) is 9.97 Å². The fourth-order valence-electron chi connectivity index (χ4n) is 1.36. The number of H-pyrrole nitrogens is 1. The number of nitrogens with two attached hydrogens (primary N) is 1. The number of benzene rings is 1. The molecular weight excluding hydrogens is 245 g/mol. The molecule has 0 amide bonds. The summed E-state index contributed by atoms with van der Waals surface area (Å²) in [6.07, 6.45) is 1.72. The standard InChI is InChI=1S/C11H11Cl2N3/c1-6(14)10-5-15-11(16-10)7-2-3-8(12)9(13)4-7/h2-6H,14H2,1H3,(H,15,16). The second kappa shape index (κ2) is 4.45. The first-order valence-corrected chi connectivity index (χ1v) is 5.59. The molecule has 1 atom stereocenters. The summed E-state index contributed by atoms with van der Waals surface area (Å²) < 4.78 is 0. The van der Waals surface area contributed by atoms with Gasteiger partial charge in [0.1, 0.15) is 5.82 Å². The van der Waals surface area contributed by atoms with Gasteiger partial charge >= 0.3 is 0 Å². The van der Waals surface area contributed by atoms with Crippen LogP contribution in [0.5, 0.6) is 0 Å². The molecule has 0 spiro atoms. The number of halogens is 2. The fourth-order valence-corrected chi connectivity index (χ4v) is 1.65. The molecule has 1 heterocycles. The Labute approximate surface area is 104 Å². The Morgan fingerprint density at radius 3 is 2.62 bits per heavy atom. The number of rotatable bonds is 2. The molecule has 0 aliphatic rings. The van der Waals surface area contributed by atoms with Crippen molar-refractivity contribution in [1.29, 1.82) is 0 Å². The van der Waals surface area contributed by atoms with Gasteiger partial charge in [-0.25, -0.2) is 4.98 Å². The molecule has 3 nitrogen and oxygen atoms in total. The first-order valence-electron chi connectivity index (χ1n) is 4.84. The van der Waals surface area contributed by atoms with Crippen molar-refractivity contribution in [3.8, 4) is 11.4 Å². The molecule has 3 N–H and O–H groups in total. The van der Waals surface area contributed by atoms with Crippen molar-refractivity contribution in [2.75, 3.05) is 0 Å². The third-order valence-corrected chi connectivity index (χ3v) is 3.02. The highest BCUT2D eigenvalue weighted by atomic mass is 35.5. The van der Waals surface area contributed by atoms with E-state index in [1.807, 2.05) is 13.0 Å². The summed E-state index contributed by atoms with van der Waals surface area (Å²) in [7, 11) is 0. The zero-order valence-corrected chi connectivity index (χ0v) is 10.2. The van der Waals surface area contributed by atoms with Crippen molar-refractivity contribution in [3.63, 3.8) is 0 Å². The maximum absolute atomic E-state index is 5.93. The maximum atomic E-state index is 5.93. The van der Waals surface area contributed by atoms with Crippen molar-refractivity contribution >= 4 is 23.2 Å². The van der Waals surface area contributed by atoms with Gasteiger partial charge in [-0.3, -0.25) is 0 Å². The highest BCUT2D eigenvalue weighted by molar-refractivity contribution is 6.42. The predicted octanol–water partition coefficient (Wildman–Crippen LogP) is 3.40. The van der Waals surface area contributed by atoms with E-state index in [-0.39, 0.29) is 6.04 Å². The van der Waals surface area contributed by atoms with Crippen LogP contribution in [0.1, 0.15) is 18.7 Å². The van der Waals surface area contributed by atoms with Gasteiger partial charge in [0.25, 0.3) is 0 Å². The smallest absolute Gasteiger partial charge is 0.137 e. The Hall–Kier alpha value is -1.03. The monoisotopic (exact) mass is 255 g/mol. The number of imidazole rings is 1. The average molecular weight is 256 g/mol. The van der Waals surface area contributed by atoms with Crippen LogP contribution in [-0.4, -0.2) is 9.97 Å². The van der Waals surface area contributed by atoms with E-state index >= 15 is 0 Å². The summed E-state index contributed by atoms with van der Waals surface area (Å²) in [6.45, 7) is 1.89. The molecule has 0 aliphatic heterocycles. The Morgan fingerprint density at radius 2 is 2.06 bits per heavy atom. The van der Waals surface area contributed by atoms with Crippen molar-refractivity contribution in [3.05, 3.63) is 40.1 Å². The largest absolute Gasteiger partial charge is 0.341 e. The first kappa shape index (κ1) is 11.5. The maximum Gasteiger partial charge on any atom is 0.137 e. The third kappa shape index (κ3) is 2.21. The summed E-state index contributed by atoms with van der Waals surface area (Å²) in [5, 5.41) is 1.04. The molecule has 0 bridgehead atoms. The van der Waals surface area contributed by atoms with Crippen LogP contribution in [0.25, 0.3) is 11.4 Å². The molecule has 84 valence electrons. The van der Waals surface area contributed by atoms with Gasteiger partial charge in [-0.15, -0.1) is 0 Å².